The molecule has 25 heavy (non-hydrogen) atoms. The summed E-state index contributed by atoms with van der Waals surface area (Å²) in [5.74, 6) is 2.34. The fourth-order valence-corrected chi connectivity index (χ4v) is 5.00. The van der Waals surface area contributed by atoms with Gasteiger partial charge in [-0.25, -0.2) is 0 Å². The zero-order chi connectivity index (χ0) is 17.7. The maximum atomic E-state index is 11.3. The first-order valence-electron chi connectivity index (χ1n) is 9.09. The molecule has 7 heteroatoms. The summed E-state index contributed by atoms with van der Waals surface area (Å²) in [5, 5.41) is 24.1. The Hall–Kier alpha value is -1.31. The molecule has 1 saturated heterocycles. The Morgan fingerprint density at radius 3 is 2.60 bits per heavy atom. The lowest BCUT2D eigenvalue weighted by Crippen LogP contribution is -2.57. The van der Waals surface area contributed by atoms with E-state index in [1.54, 1.807) is 12.1 Å². The van der Waals surface area contributed by atoms with Crippen LogP contribution < -0.4 is 5.32 Å². The molecule has 1 aliphatic heterocycles. The topological polar surface area (TPSA) is 78.6 Å². The van der Waals surface area contributed by atoms with Crippen molar-refractivity contribution < 1.29 is 10.0 Å². The fourth-order valence-electron chi connectivity index (χ4n) is 4.09. The van der Waals surface area contributed by atoms with Crippen LogP contribution in [0.4, 0.5) is 11.4 Å². The second-order valence-electron chi connectivity index (χ2n) is 7.00. The Balaban J connectivity index is 1.80. The van der Waals surface area contributed by atoms with Gasteiger partial charge in [0, 0.05) is 42.7 Å². The van der Waals surface area contributed by atoms with Gasteiger partial charge in [-0.3, -0.25) is 15.0 Å². The molecule has 1 heterocycles. The first-order chi connectivity index (χ1) is 12.1. The molecule has 1 aromatic rings. The number of rotatable bonds is 6. The standard InChI is InChI=1S/C18H27N3O3S/c22-13-15-4-5-17(21(23)24)16(12-15)19-14-18(6-2-1-3-7-18)20-8-10-25-11-9-20/h4-5,12,19,22H,1-3,6-11,13-14H2. The number of aliphatic hydroxyl groups excluding tert-OH is 1. The molecular formula is C18H27N3O3S. The number of benzene rings is 1. The third-order valence-corrected chi connectivity index (χ3v) is 6.46. The van der Waals surface area contributed by atoms with Crippen molar-refractivity contribution in [2.75, 3.05) is 36.5 Å². The Bertz CT molecular complexity index is 599. The van der Waals surface area contributed by atoms with Crippen molar-refractivity contribution in [3.63, 3.8) is 0 Å². The van der Waals surface area contributed by atoms with Gasteiger partial charge < -0.3 is 10.4 Å². The van der Waals surface area contributed by atoms with Gasteiger partial charge in [0.1, 0.15) is 5.69 Å². The molecule has 1 aliphatic carbocycles. The normalized spacial score (nSPS) is 21.0. The summed E-state index contributed by atoms with van der Waals surface area (Å²) < 4.78 is 0. The zero-order valence-electron chi connectivity index (χ0n) is 14.6. The average molecular weight is 365 g/mol. The largest absolute Gasteiger partial charge is 0.392 e. The van der Waals surface area contributed by atoms with Gasteiger partial charge >= 0.3 is 0 Å². The van der Waals surface area contributed by atoms with Crippen molar-refractivity contribution >= 4 is 23.1 Å². The number of nitro groups is 1. The molecule has 0 bridgehead atoms. The molecule has 0 atom stereocenters. The number of aliphatic hydroxyl groups is 1. The third-order valence-electron chi connectivity index (χ3n) is 5.51. The van der Waals surface area contributed by atoms with Crippen molar-refractivity contribution in [1.29, 1.82) is 0 Å². The summed E-state index contributed by atoms with van der Waals surface area (Å²) in [5.41, 5.74) is 1.40. The number of hydrogen-bond acceptors (Lipinski definition) is 6. The van der Waals surface area contributed by atoms with Crippen LogP contribution in [0.1, 0.15) is 37.7 Å². The maximum Gasteiger partial charge on any atom is 0.292 e. The van der Waals surface area contributed by atoms with E-state index in [0.29, 0.717) is 11.3 Å². The number of anilines is 1. The molecule has 2 fully saturated rings. The summed E-state index contributed by atoms with van der Waals surface area (Å²) >= 11 is 2.01. The van der Waals surface area contributed by atoms with E-state index in [1.165, 1.54) is 36.8 Å². The van der Waals surface area contributed by atoms with Crippen molar-refractivity contribution in [2.24, 2.45) is 0 Å². The highest BCUT2D eigenvalue weighted by Crippen LogP contribution is 2.36. The molecule has 3 rings (SSSR count). The van der Waals surface area contributed by atoms with Crippen molar-refractivity contribution in [1.82, 2.24) is 4.90 Å². The van der Waals surface area contributed by atoms with Crippen LogP contribution >= 0.6 is 11.8 Å². The van der Waals surface area contributed by atoms with Crippen molar-refractivity contribution in [3.8, 4) is 0 Å². The number of nitrogens with zero attached hydrogens (tertiary/aromatic N) is 2. The van der Waals surface area contributed by atoms with Crippen LogP contribution in [0.15, 0.2) is 18.2 Å². The second kappa shape index (κ2) is 8.38. The van der Waals surface area contributed by atoms with Gasteiger partial charge in [-0.2, -0.15) is 11.8 Å². The minimum Gasteiger partial charge on any atom is -0.392 e. The van der Waals surface area contributed by atoms with Gasteiger partial charge in [-0.15, -0.1) is 0 Å². The Morgan fingerprint density at radius 1 is 1.24 bits per heavy atom. The van der Waals surface area contributed by atoms with E-state index < -0.39 is 0 Å². The summed E-state index contributed by atoms with van der Waals surface area (Å²) in [7, 11) is 0. The summed E-state index contributed by atoms with van der Waals surface area (Å²) in [6.07, 6.45) is 6.04. The maximum absolute atomic E-state index is 11.3. The van der Waals surface area contributed by atoms with E-state index in [9.17, 15) is 15.2 Å². The molecular weight excluding hydrogens is 338 g/mol. The first-order valence-corrected chi connectivity index (χ1v) is 10.2. The fraction of sp³-hybridized carbons (Fsp3) is 0.667. The zero-order valence-corrected chi connectivity index (χ0v) is 15.4. The van der Waals surface area contributed by atoms with E-state index in [0.717, 1.165) is 32.5 Å². The monoisotopic (exact) mass is 365 g/mol. The van der Waals surface area contributed by atoms with Gasteiger partial charge in [0.25, 0.3) is 5.69 Å². The highest BCUT2D eigenvalue weighted by Gasteiger charge is 2.38. The first kappa shape index (κ1) is 18.5. The number of nitrogens with one attached hydrogen (secondary N) is 1. The van der Waals surface area contributed by atoms with Gasteiger partial charge in [0.2, 0.25) is 0 Å². The molecule has 1 saturated carbocycles. The Labute approximate surface area is 153 Å². The molecule has 1 aromatic carbocycles. The van der Waals surface area contributed by atoms with Crippen LogP contribution in [-0.2, 0) is 6.61 Å². The van der Waals surface area contributed by atoms with Crippen LogP contribution in [0.2, 0.25) is 0 Å². The molecule has 0 unspecified atom stereocenters. The van der Waals surface area contributed by atoms with Gasteiger partial charge in [-0.1, -0.05) is 19.3 Å². The lowest BCUT2D eigenvalue weighted by Gasteiger charge is -2.48. The minimum absolute atomic E-state index is 0.0809. The van der Waals surface area contributed by atoms with E-state index in [1.807, 2.05) is 11.8 Å². The van der Waals surface area contributed by atoms with E-state index in [4.69, 9.17) is 0 Å². The van der Waals surface area contributed by atoms with Gasteiger partial charge in [-0.05, 0) is 30.5 Å². The summed E-state index contributed by atoms with van der Waals surface area (Å²) in [6, 6.07) is 4.81. The van der Waals surface area contributed by atoms with Crippen LogP contribution in [-0.4, -0.2) is 51.6 Å². The quantitative estimate of drug-likeness (QED) is 0.595. The van der Waals surface area contributed by atoms with Crippen molar-refractivity contribution in [3.05, 3.63) is 33.9 Å². The van der Waals surface area contributed by atoms with Gasteiger partial charge in [0.15, 0.2) is 0 Å². The average Bonchev–Trinajstić information content (AvgIpc) is 2.67. The van der Waals surface area contributed by atoms with E-state index in [2.05, 4.69) is 10.2 Å². The summed E-state index contributed by atoms with van der Waals surface area (Å²) in [4.78, 5) is 13.6. The van der Waals surface area contributed by atoms with Gasteiger partial charge in [0.05, 0.1) is 11.5 Å². The Kier molecular flexibility index (Phi) is 6.19. The number of thioether (sulfide) groups is 1. The SMILES string of the molecule is O=[N+]([O-])c1ccc(CO)cc1NCC1(N2CCSCC2)CCCCC1. The van der Waals surface area contributed by atoms with Crippen LogP contribution in [0.3, 0.4) is 0 Å². The summed E-state index contributed by atoms with van der Waals surface area (Å²) in [6.45, 7) is 2.82. The van der Waals surface area contributed by atoms with Crippen molar-refractivity contribution in [2.45, 2.75) is 44.2 Å². The van der Waals surface area contributed by atoms with E-state index >= 15 is 0 Å². The number of hydrogen-bond donors (Lipinski definition) is 2. The van der Waals surface area contributed by atoms with Crippen LogP contribution in [0.25, 0.3) is 0 Å². The number of nitro benzene ring substituents is 1. The molecule has 2 aliphatic rings. The lowest BCUT2D eigenvalue weighted by molar-refractivity contribution is -0.384. The third kappa shape index (κ3) is 4.27. The molecule has 0 amide bonds. The minimum atomic E-state index is -0.353. The second-order valence-corrected chi connectivity index (χ2v) is 8.23. The smallest absolute Gasteiger partial charge is 0.292 e. The molecule has 0 spiro atoms. The highest BCUT2D eigenvalue weighted by molar-refractivity contribution is 7.99. The predicted octanol–water partition coefficient (Wildman–Crippen LogP) is 3.25. The molecule has 138 valence electrons. The molecule has 2 N–H and O–H groups in total. The lowest BCUT2D eigenvalue weighted by atomic mass is 9.80. The molecule has 6 nitrogen and oxygen atoms in total. The molecule has 0 aromatic heterocycles. The predicted molar refractivity (Wildman–Crippen MR) is 102 cm³/mol. The highest BCUT2D eigenvalue weighted by atomic mass is 32.2. The van der Waals surface area contributed by atoms with E-state index in [-0.39, 0.29) is 22.8 Å². The molecule has 0 radical (unpaired) electrons. The Morgan fingerprint density at radius 2 is 1.96 bits per heavy atom. The van der Waals surface area contributed by atoms with Crippen LogP contribution in [0.5, 0.6) is 0 Å². The van der Waals surface area contributed by atoms with Crippen LogP contribution in [0, 0.1) is 10.1 Å².